The number of aromatic nitrogens is 2. The summed E-state index contributed by atoms with van der Waals surface area (Å²) in [6, 6.07) is 12.3. The molecule has 0 amide bonds. The second kappa shape index (κ2) is 16.1. The van der Waals surface area contributed by atoms with Crippen molar-refractivity contribution < 1.29 is 30.0 Å². The van der Waals surface area contributed by atoms with Gasteiger partial charge in [-0.1, -0.05) is 73.8 Å². The van der Waals surface area contributed by atoms with Crippen molar-refractivity contribution in [1.82, 2.24) is 9.97 Å². The standard InChI is InChI=1S/C25H21N2S3.C15H28O2.Ir/c1-6-28-17-8-7-15(11-16(17)25(3,4)5)23-22-21-19(30-24(22)27-13-26-23)10-9-18-20(21)14(2)12-29-18;1-7-14(5,8-2)12(16)11-13(17)15(6,9-3)10-4;/h6,8-13H,1H2,2-5H3;11,16H,7-10H2,1-6H3;/q-1;;/b;12-11-;. The van der Waals surface area contributed by atoms with Crippen molar-refractivity contribution in [2.24, 2.45) is 10.8 Å². The Morgan fingerprint density at radius 3 is 2.17 bits per heavy atom. The number of ketones is 1. The number of thiophene rings is 2. The Morgan fingerprint density at radius 2 is 1.58 bits per heavy atom. The van der Waals surface area contributed by atoms with Crippen LogP contribution in [0.1, 0.15) is 99.1 Å². The molecule has 0 fully saturated rings. The van der Waals surface area contributed by atoms with Gasteiger partial charge in [0.25, 0.3) is 0 Å². The first-order chi connectivity index (χ1) is 22.2. The maximum absolute atomic E-state index is 12.2. The Bertz CT molecular complexity index is 1940. The summed E-state index contributed by atoms with van der Waals surface area (Å²) >= 11 is 5.19. The fourth-order valence-electron chi connectivity index (χ4n) is 5.65. The van der Waals surface area contributed by atoms with Crippen LogP contribution in [0.3, 0.4) is 0 Å². The van der Waals surface area contributed by atoms with Crippen molar-refractivity contribution in [2.45, 2.75) is 105 Å². The maximum Gasteiger partial charge on any atom is 0.164 e. The van der Waals surface area contributed by atoms with Crippen LogP contribution in [0.25, 0.3) is 41.6 Å². The van der Waals surface area contributed by atoms with Crippen LogP contribution in [0.2, 0.25) is 0 Å². The van der Waals surface area contributed by atoms with Gasteiger partial charge >= 0.3 is 0 Å². The molecule has 1 N–H and O–H groups in total. The summed E-state index contributed by atoms with van der Waals surface area (Å²) in [5, 5.41) is 18.0. The second-order valence-electron chi connectivity index (χ2n) is 13.8. The van der Waals surface area contributed by atoms with E-state index in [0.29, 0.717) is 0 Å². The summed E-state index contributed by atoms with van der Waals surface area (Å²) in [4.78, 5) is 23.8. The number of aryl methyl sites for hydroxylation is 1. The molecule has 2 aromatic carbocycles. The van der Waals surface area contributed by atoms with E-state index in [9.17, 15) is 9.90 Å². The molecule has 0 aliphatic carbocycles. The molecule has 3 heterocycles. The van der Waals surface area contributed by atoms with Crippen LogP contribution in [0.4, 0.5) is 0 Å². The molecule has 3 aromatic heterocycles. The fraction of sp³-hybridized carbons (Fsp3) is 0.425. The molecule has 0 unspecified atom stereocenters. The third-order valence-corrected chi connectivity index (χ3v) is 12.8. The third kappa shape index (κ3) is 8.00. The maximum atomic E-state index is 12.2. The SMILES string of the molecule is C=CSc1c[c-]c(-c2ncnc3sc4ccc5scc(C)c5c4c23)cc1C(C)(C)C.CCC(C)(CC)C(=O)/C=C(\O)C(C)(CC)CC.[Ir]. The van der Waals surface area contributed by atoms with E-state index in [2.05, 4.69) is 75.0 Å². The van der Waals surface area contributed by atoms with Crippen LogP contribution >= 0.6 is 34.4 Å². The normalized spacial score (nSPS) is 12.6. The molecule has 0 saturated heterocycles. The van der Waals surface area contributed by atoms with Gasteiger partial charge < -0.3 is 5.11 Å². The van der Waals surface area contributed by atoms with E-state index < -0.39 is 0 Å². The van der Waals surface area contributed by atoms with Gasteiger partial charge in [-0.3, -0.25) is 9.78 Å². The van der Waals surface area contributed by atoms with Gasteiger partial charge in [-0.05, 0) is 66.5 Å². The fourth-order valence-corrected chi connectivity index (χ4v) is 8.45. The Labute approximate surface area is 312 Å². The number of aliphatic hydroxyl groups excluding tert-OH is 1. The quantitative estimate of drug-likeness (QED) is 0.0655. The van der Waals surface area contributed by atoms with Gasteiger partial charge in [0.1, 0.15) is 16.9 Å². The first-order valence-corrected chi connectivity index (χ1v) is 19.1. The molecule has 0 aliphatic rings. The van der Waals surface area contributed by atoms with Gasteiger partial charge in [0, 0.05) is 68.3 Å². The summed E-state index contributed by atoms with van der Waals surface area (Å²) in [7, 11) is 0. The van der Waals surface area contributed by atoms with E-state index in [1.54, 1.807) is 40.8 Å². The van der Waals surface area contributed by atoms with Crippen LogP contribution in [0.5, 0.6) is 0 Å². The van der Waals surface area contributed by atoms with E-state index in [-0.39, 0.29) is 47.9 Å². The van der Waals surface area contributed by atoms with Crippen LogP contribution in [-0.4, -0.2) is 20.9 Å². The molecule has 259 valence electrons. The number of thioether (sulfide) groups is 1. The van der Waals surface area contributed by atoms with Crippen molar-refractivity contribution >= 4 is 70.6 Å². The number of carbonyl (C=O) groups is 1. The number of benzene rings is 2. The van der Waals surface area contributed by atoms with Gasteiger partial charge in [-0.2, -0.15) is 11.8 Å². The number of nitrogens with zero attached hydrogens (tertiary/aromatic N) is 2. The van der Waals surface area contributed by atoms with Gasteiger partial charge in [0.2, 0.25) is 0 Å². The Morgan fingerprint density at radius 1 is 0.958 bits per heavy atom. The summed E-state index contributed by atoms with van der Waals surface area (Å²) in [6.07, 6.45) is 6.44. The average Bonchev–Trinajstić information content (AvgIpc) is 3.63. The van der Waals surface area contributed by atoms with Crippen LogP contribution in [0.15, 0.2) is 64.7 Å². The third-order valence-electron chi connectivity index (χ3n) is 9.94. The number of fused-ring (bicyclic) bond motifs is 5. The second-order valence-corrected chi connectivity index (χ2v) is 16.8. The molecule has 4 nitrogen and oxygen atoms in total. The zero-order chi connectivity index (χ0) is 34.7. The number of hydrogen-bond acceptors (Lipinski definition) is 7. The Balaban J connectivity index is 0.000000301. The first-order valence-electron chi connectivity index (χ1n) is 16.5. The molecule has 8 heteroatoms. The zero-order valence-electron chi connectivity index (χ0n) is 30.0. The van der Waals surface area contributed by atoms with Gasteiger partial charge in [-0.25, -0.2) is 4.98 Å². The summed E-state index contributed by atoms with van der Waals surface area (Å²) in [5.41, 5.74) is 3.98. The van der Waals surface area contributed by atoms with Crippen molar-refractivity contribution in [3.8, 4) is 11.3 Å². The number of allylic oxidation sites excluding steroid dienone is 2. The minimum atomic E-state index is -0.337. The van der Waals surface area contributed by atoms with Gasteiger partial charge in [0.15, 0.2) is 5.78 Å². The minimum Gasteiger partial charge on any atom is -0.512 e. The largest absolute Gasteiger partial charge is 0.512 e. The molecule has 0 bridgehead atoms. The van der Waals surface area contributed by atoms with Crippen LogP contribution in [0, 0.1) is 23.8 Å². The van der Waals surface area contributed by atoms with E-state index in [1.165, 1.54) is 42.3 Å². The van der Waals surface area contributed by atoms with Crippen molar-refractivity contribution in [3.05, 3.63) is 77.0 Å². The van der Waals surface area contributed by atoms with Crippen LogP contribution < -0.4 is 0 Å². The number of aliphatic hydroxyl groups is 1. The van der Waals surface area contributed by atoms with Gasteiger partial charge in [-0.15, -0.1) is 52.0 Å². The number of carbonyl (C=O) groups excluding carboxylic acids is 1. The summed E-state index contributed by atoms with van der Waals surface area (Å²) in [5.74, 6) is 0.286. The Hall–Kier alpha value is -2.35. The Kier molecular flexibility index (Phi) is 13.5. The number of rotatable bonds is 10. The van der Waals surface area contributed by atoms with E-state index in [0.717, 1.165) is 47.2 Å². The summed E-state index contributed by atoms with van der Waals surface area (Å²) < 4.78 is 2.57. The van der Waals surface area contributed by atoms with Crippen molar-refractivity contribution in [2.75, 3.05) is 0 Å². The molecule has 1 radical (unpaired) electrons. The monoisotopic (exact) mass is 878 g/mol. The van der Waals surface area contributed by atoms with E-state index >= 15 is 0 Å². The minimum absolute atomic E-state index is 0. The molecular formula is C40H49IrN2O2S3-. The first kappa shape index (κ1) is 40.1. The van der Waals surface area contributed by atoms with Crippen molar-refractivity contribution in [3.63, 3.8) is 0 Å². The van der Waals surface area contributed by atoms with Gasteiger partial charge in [0.05, 0.1) is 0 Å². The molecule has 0 spiro atoms. The summed E-state index contributed by atoms with van der Waals surface area (Å²) in [6.45, 7) is 24.9. The predicted molar refractivity (Wildman–Crippen MR) is 207 cm³/mol. The van der Waals surface area contributed by atoms with Crippen LogP contribution in [-0.2, 0) is 30.3 Å². The van der Waals surface area contributed by atoms with E-state index in [1.807, 2.05) is 47.0 Å². The van der Waals surface area contributed by atoms with Crippen molar-refractivity contribution in [1.29, 1.82) is 0 Å². The molecule has 0 saturated carbocycles. The zero-order valence-corrected chi connectivity index (χ0v) is 34.8. The van der Waals surface area contributed by atoms with E-state index in [4.69, 9.17) is 4.98 Å². The molecule has 5 rings (SSSR count). The molecule has 0 atom stereocenters. The molecule has 48 heavy (non-hydrogen) atoms. The molecule has 5 aromatic rings. The molecular weight excluding hydrogens is 829 g/mol. The topological polar surface area (TPSA) is 63.1 Å². The average molecular weight is 878 g/mol. The predicted octanol–water partition coefficient (Wildman–Crippen LogP) is 13.0. The number of hydrogen-bond donors (Lipinski definition) is 1. The molecule has 0 aliphatic heterocycles. The smallest absolute Gasteiger partial charge is 0.164 e.